The zero-order valence-corrected chi connectivity index (χ0v) is 9.72. The normalized spacial score (nSPS) is 24.8. The van der Waals surface area contributed by atoms with Gasteiger partial charge in [0.2, 0.25) is 5.91 Å². The van der Waals surface area contributed by atoms with Crippen LogP contribution in [0.4, 0.5) is 0 Å². The van der Waals surface area contributed by atoms with Crippen molar-refractivity contribution in [2.45, 2.75) is 31.3 Å². The molecule has 0 spiro atoms. The summed E-state index contributed by atoms with van der Waals surface area (Å²) in [6.07, 6.45) is 3.53. The number of likely N-dealkylation sites (tertiary alicyclic amines) is 1. The van der Waals surface area contributed by atoms with Crippen LogP contribution in [0.15, 0.2) is 0 Å². The van der Waals surface area contributed by atoms with Crippen LogP contribution >= 0.6 is 0 Å². The van der Waals surface area contributed by atoms with Crippen LogP contribution in [-0.4, -0.2) is 60.3 Å². The van der Waals surface area contributed by atoms with E-state index in [1.807, 2.05) is 0 Å². The van der Waals surface area contributed by atoms with Crippen molar-refractivity contribution in [2.24, 2.45) is 0 Å². The zero-order valence-electron chi connectivity index (χ0n) is 9.72. The molecule has 1 heterocycles. The van der Waals surface area contributed by atoms with Crippen molar-refractivity contribution in [2.75, 3.05) is 26.3 Å². The van der Waals surface area contributed by atoms with Crippen molar-refractivity contribution in [1.29, 1.82) is 0 Å². The summed E-state index contributed by atoms with van der Waals surface area (Å²) in [5.74, 6) is -1.28. The molecule has 2 N–H and O–H groups in total. The molecule has 96 valence electrons. The van der Waals surface area contributed by atoms with Gasteiger partial charge in [0.25, 0.3) is 0 Å². The van der Waals surface area contributed by atoms with Crippen molar-refractivity contribution in [1.82, 2.24) is 10.2 Å². The lowest BCUT2D eigenvalue weighted by Crippen LogP contribution is -2.39. The Morgan fingerprint density at radius 3 is 2.71 bits per heavy atom. The molecule has 1 saturated heterocycles. The van der Waals surface area contributed by atoms with Gasteiger partial charge in [-0.05, 0) is 19.3 Å². The highest BCUT2D eigenvalue weighted by Crippen LogP contribution is 2.29. The number of carboxylic acid groups (broad SMARTS) is 1. The number of hydrogen-bond acceptors (Lipinski definition) is 4. The van der Waals surface area contributed by atoms with E-state index in [1.54, 1.807) is 0 Å². The minimum atomic E-state index is -1.06. The number of carboxylic acids is 1. The second kappa shape index (κ2) is 5.46. The van der Waals surface area contributed by atoms with E-state index in [0.29, 0.717) is 0 Å². The average Bonchev–Trinajstić information content (AvgIpc) is 3.00. The zero-order chi connectivity index (χ0) is 12.3. The van der Waals surface area contributed by atoms with Crippen LogP contribution in [0.3, 0.4) is 0 Å². The smallest absolute Gasteiger partial charge is 0.329 e. The van der Waals surface area contributed by atoms with Crippen molar-refractivity contribution in [3.05, 3.63) is 0 Å². The molecule has 0 aromatic heterocycles. The predicted octanol–water partition coefficient (Wildman–Crippen LogP) is -0.559. The number of nitrogens with zero attached hydrogens (tertiary/aromatic N) is 1. The van der Waals surface area contributed by atoms with Gasteiger partial charge in [-0.25, -0.2) is 4.79 Å². The summed E-state index contributed by atoms with van der Waals surface area (Å²) < 4.78 is 4.73. The summed E-state index contributed by atoms with van der Waals surface area (Å²) in [6.45, 7) is 1.36. The maximum absolute atomic E-state index is 11.4. The molecule has 2 aliphatic rings. The SMILES string of the molecule is O=C(O)COCC(=O)NC1CCN(C2CC2)C1. The average molecular weight is 242 g/mol. The van der Waals surface area contributed by atoms with Crippen molar-refractivity contribution >= 4 is 11.9 Å². The highest BCUT2D eigenvalue weighted by atomic mass is 16.5. The van der Waals surface area contributed by atoms with Gasteiger partial charge in [-0.3, -0.25) is 9.69 Å². The molecule has 0 aromatic carbocycles. The van der Waals surface area contributed by atoms with Gasteiger partial charge >= 0.3 is 5.97 Å². The molecule has 2 fully saturated rings. The maximum atomic E-state index is 11.4. The van der Waals surface area contributed by atoms with E-state index in [1.165, 1.54) is 12.8 Å². The largest absolute Gasteiger partial charge is 0.480 e. The molecule has 1 aliphatic heterocycles. The first kappa shape index (κ1) is 12.3. The summed E-state index contributed by atoms with van der Waals surface area (Å²) in [6, 6.07) is 0.927. The summed E-state index contributed by atoms with van der Waals surface area (Å²) in [4.78, 5) is 24.0. The number of aliphatic carboxylic acids is 1. The summed E-state index contributed by atoms with van der Waals surface area (Å²) >= 11 is 0. The molecule has 6 heteroatoms. The van der Waals surface area contributed by atoms with Crippen LogP contribution in [0.1, 0.15) is 19.3 Å². The van der Waals surface area contributed by atoms with Crippen LogP contribution in [0, 0.1) is 0 Å². The number of carbonyl (C=O) groups is 2. The van der Waals surface area contributed by atoms with Crippen LogP contribution < -0.4 is 5.32 Å². The van der Waals surface area contributed by atoms with E-state index >= 15 is 0 Å². The maximum Gasteiger partial charge on any atom is 0.329 e. The van der Waals surface area contributed by atoms with Crippen LogP contribution in [-0.2, 0) is 14.3 Å². The number of nitrogens with one attached hydrogen (secondary N) is 1. The highest BCUT2D eigenvalue weighted by Gasteiger charge is 2.34. The Labute approximate surface area is 99.9 Å². The molecule has 1 aliphatic carbocycles. The fourth-order valence-corrected chi connectivity index (χ4v) is 2.18. The highest BCUT2D eigenvalue weighted by molar-refractivity contribution is 5.78. The second-order valence-corrected chi connectivity index (χ2v) is 4.67. The van der Waals surface area contributed by atoms with Crippen molar-refractivity contribution in [3.63, 3.8) is 0 Å². The number of hydrogen-bond donors (Lipinski definition) is 2. The lowest BCUT2D eigenvalue weighted by molar-refractivity contribution is -0.143. The molecule has 1 unspecified atom stereocenters. The van der Waals surface area contributed by atoms with E-state index in [9.17, 15) is 9.59 Å². The number of ether oxygens (including phenoxy) is 1. The minimum Gasteiger partial charge on any atom is -0.480 e. The molecule has 1 saturated carbocycles. The lowest BCUT2D eigenvalue weighted by atomic mass is 10.2. The summed E-state index contributed by atoms with van der Waals surface area (Å²) in [5, 5.41) is 11.2. The first-order valence-electron chi connectivity index (χ1n) is 5.98. The fourth-order valence-electron chi connectivity index (χ4n) is 2.18. The quantitative estimate of drug-likeness (QED) is 0.653. The fraction of sp³-hybridized carbons (Fsp3) is 0.818. The van der Waals surface area contributed by atoms with Crippen LogP contribution in [0.5, 0.6) is 0 Å². The molecule has 2 rings (SSSR count). The van der Waals surface area contributed by atoms with Crippen LogP contribution in [0.25, 0.3) is 0 Å². The van der Waals surface area contributed by atoms with Crippen molar-refractivity contribution < 1.29 is 19.4 Å². The Bertz CT molecular complexity index is 304. The lowest BCUT2D eigenvalue weighted by Gasteiger charge is -2.15. The molecule has 6 nitrogen and oxygen atoms in total. The van der Waals surface area contributed by atoms with Gasteiger partial charge in [-0.15, -0.1) is 0 Å². The third-order valence-corrected chi connectivity index (χ3v) is 3.11. The monoisotopic (exact) mass is 242 g/mol. The second-order valence-electron chi connectivity index (χ2n) is 4.67. The van der Waals surface area contributed by atoms with E-state index in [4.69, 9.17) is 9.84 Å². The molecule has 0 radical (unpaired) electrons. The third-order valence-electron chi connectivity index (χ3n) is 3.11. The standard InChI is InChI=1S/C11H18N2O4/c14-10(6-17-7-11(15)16)12-8-3-4-13(5-8)9-1-2-9/h8-9H,1-7H2,(H,12,14)(H,15,16). The minimum absolute atomic E-state index is 0.174. The van der Waals surface area contributed by atoms with Gasteiger partial charge in [0.15, 0.2) is 0 Å². The molecular formula is C11H18N2O4. The van der Waals surface area contributed by atoms with E-state index in [2.05, 4.69) is 10.2 Å². The third kappa shape index (κ3) is 3.98. The Hall–Kier alpha value is -1.14. The van der Waals surface area contributed by atoms with Gasteiger partial charge in [0.05, 0.1) is 0 Å². The van der Waals surface area contributed by atoms with E-state index < -0.39 is 12.6 Å². The Balaban J connectivity index is 1.60. The molecule has 1 atom stereocenters. The molecule has 0 aromatic rings. The predicted molar refractivity (Wildman–Crippen MR) is 59.6 cm³/mol. The van der Waals surface area contributed by atoms with Gasteiger partial charge in [0.1, 0.15) is 13.2 Å². The molecule has 0 bridgehead atoms. The van der Waals surface area contributed by atoms with Crippen molar-refractivity contribution in [3.8, 4) is 0 Å². The van der Waals surface area contributed by atoms with Gasteiger partial charge in [-0.1, -0.05) is 0 Å². The first-order valence-corrected chi connectivity index (χ1v) is 5.98. The summed E-state index contributed by atoms with van der Waals surface area (Å²) in [5.41, 5.74) is 0. The molecule has 1 amide bonds. The van der Waals surface area contributed by atoms with Gasteiger partial charge < -0.3 is 15.2 Å². The Morgan fingerprint density at radius 1 is 1.29 bits per heavy atom. The Kier molecular flexibility index (Phi) is 3.96. The number of rotatable bonds is 6. The number of amides is 1. The topological polar surface area (TPSA) is 78.9 Å². The van der Waals surface area contributed by atoms with Gasteiger partial charge in [0, 0.05) is 25.2 Å². The van der Waals surface area contributed by atoms with E-state index in [-0.39, 0.29) is 18.6 Å². The molecular weight excluding hydrogens is 224 g/mol. The Morgan fingerprint density at radius 2 is 2.06 bits per heavy atom. The summed E-state index contributed by atoms with van der Waals surface area (Å²) in [7, 11) is 0. The number of carbonyl (C=O) groups excluding carboxylic acids is 1. The molecule has 17 heavy (non-hydrogen) atoms. The van der Waals surface area contributed by atoms with Crippen LogP contribution in [0.2, 0.25) is 0 Å². The van der Waals surface area contributed by atoms with E-state index in [0.717, 1.165) is 25.6 Å². The van der Waals surface area contributed by atoms with Gasteiger partial charge in [-0.2, -0.15) is 0 Å². The first-order chi connectivity index (χ1) is 8.15.